The second kappa shape index (κ2) is 4.95. The van der Waals surface area contributed by atoms with Crippen molar-refractivity contribution in [1.29, 1.82) is 0 Å². The van der Waals surface area contributed by atoms with Gasteiger partial charge in [-0.05, 0) is 19.3 Å². The number of hydrogen-bond donors (Lipinski definition) is 1. The van der Waals surface area contributed by atoms with Crippen LogP contribution in [0.2, 0.25) is 0 Å². The predicted molar refractivity (Wildman–Crippen MR) is 48.7 cm³/mol. The Morgan fingerprint density at radius 3 is 2.92 bits per heavy atom. The van der Waals surface area contributed by atoms with Crippen molar-refractivity contribution in [1.82, 2.24) is 5.32 Å². The van der Waals surface area contributed by atoms with Gasteiger partial charge in [-0.3, -0.25) is 4.79 Å². The largest absolute Gasteiger partial charge is 0.307 e. The summed E-state index contributed by atoms with van der Waals surface area (Å²) in [6, 6.07) is 0.626. The SMILES string of the molecule is C#CCCCC(=O)CNC1CC1. The molecule has 0 unspecified atom stereocenters. The van der Waals surface area contributed by atoms with Gasteiger partial charge in [0, 0.05) is 18.9 Å². The van der Waals surface area contributed by atoms with Gasteiger partial charge >= 0.3 is 0 Å². The first-order valence-corrected chi connectivity index (χ1v) is 4.51. The first-order valence-electron chi connectivity index (χ1n) is 4.51. The van der Waals surface area contributed by atoms with Crippen molar-refractivity contribution in [3.63, 3.8) is 0 Å². The number of terminal acetylenes is 1. The number of rotatable bonds is 6. The van der Waals surface area contributed by atoms with Crippen LogP contribution in [0.25, 0.3) is 0 Å². The van der Waals surface area contributed by atoms with Gasteiger partial charge in [-0.1, -0.05) is 0 Å². The van der Waals surface area contributed by atoms with Gasteiger partial charge in [-0.15, -0.1) is 12.3 Å². The summed E-state index contributed by atoms with van der Waals surface area (Å²) in [7, 11) is 0. The molecule has 1 aliphatic rings. The van der Waals surface area contributed by atoms with E-state index in [9.17, 15) is 4.79 Å². The topological polar surface area (TPSA) is 29.1 Å². The standard InChI is InChI=1S/C10H15NO/c1-2-3-4-5-10(12)8-11-9-6-7-9/h1,9,11H,3-8H2. The lowest BCUT2D eigenvalue weighted by atomic mass is 10.2. The maximum Gasteiger partial charge on any atom is 0.146 e. The molecule has 1 fully saturated rings. The molecule has 0 amide bonds. The van der Waals surface area contributed by atoms with Crippen LogP contribution in [0.4, 0.5) is 0 Å². The van der Waals surface area contributed by atoms with Crippen molar-refractivity contribution in [3.05, 3.63) is 0 Å². The van der Waals surface area contributed by atoms with Crippen molar-refractivity contribution < 1.29 is 4.79 Å². The zero-order valence-electron chi connectivity index (χ0n) is 7.31. The second-order valence-electron chi connectivity index (χ2n) is 3.25. The Labute approximate surface area is 73.7 Å². The van der Waals surface area contributed by atoms with E-state index in [1.54, 1.807) is 0 Å². The third kappa shape index (κ3) is 4.15. The van der Waals surface area contributed by atoms with E-state index in [0.29, 0.717) is 19.0 Å². The van der Waals surface area contributed by atoms with Gasteiger partial charge in [0.15, 0.2) is 0 Å². The van der Waals surface area contributed by atoms with Gasteiger partial charge in [0.05, 0.1) is 6.54 Å². The maximum absolute atomic E-state index is 11.1. The van der Waals surface area contributed by atoms with Crippen LogP contribution >= 0.6 is 0 Å². The molecule has 2 heteroatoms. The van der Waals surface area contributed by atoms with E-state index >= 15 is 0 Å². The lowest BCUT2D eigenvalue weighted by Gasteiger charge is -1.99. The zero-order valence-corrected chi connectivity index (χ0v) is 7.31. The van der Waals surface area contributed by atoms with Crippen molar-refractivity contribution >= 4 is 5.78 Å². The molecule has 0 saturated heterocycles. The quantitative estimate of drug-likeness (QED) is 0.472. The number of Topliss-reactive ketones (excluding diaryl/α,β-unsaturated/α-hetero) is 1. The monoisotopic (exact) mass is 165 g/mol. The minimum atomic E-state index is 0.289. The molecule has 12 heavy (non-hydrogen) atoms. The summed E-state index contributed by atoms with van der Waals surface area (Å²) in [5.74, 6) is 2.82. The number of ketones is 1. The van der Waals surface area contributed by atoms with Crippen LogP contribution in [-0.2, 0) is 4.79 Å². The number of nitrogens with one attached hydrogen (secondary N) is 1. The van der Waals surface area contributed by atoms with Gasteiger partial charge in [0.2, 0.25) is 0 Å². The molecule has 66 valence electrons. The van der Waals surface area contributed by atoms with Crippen LogP contribution in [0.5, 0.6) is 0 Å². The normalized spacial score (nSPS) is 15.6. The molecule has 1 aliphatic carbocycles. The van der Waals surface area contributed by atoms with Gasteiger partial charge in [0.1, 0.15) is 5.78 Å². The molecule has 1 saturated carbocycles. The molecular formula is C10H15NO. The van der Waals surface area contributed by atoms with Crippen LogP contribution in [0.15, 0.2) is 0 Å². The van der Waals surface area contributed by atoms with Gasteiger partial charge in [0.25, 0.3) is 0 Å². The average molecular weight is 165 g/mol. The van der Waals surface area contributed by atoms with Gasteiger partial charge in [-0.2, -0.15) is 0 Å². The summed E-state index contributed by atoms with van der Waals surface area (Å²) in [5.41, 5.74) is 0. The average Bonchev–Trinajstić information content (AvgIpc) is 2.84. The molecule has 0 atom stereocenters. The molecule has 0 heterocycles. The maximum atomic E-state index is 11.1. The Morgan fingerprint density at radius 1 is 1.58 bits per heavy atom. The number of carbonyl (C=O) groups excluding carboxylic acids is 1. The highest BCUT2D eigenvalue weighted by Crippen LogP contribution is 2.18. The van der Waals surface area contributed by atoms with Gasteiger partial charge < -0.3 is 5.32 Å². The summed E-state index contributed by atoms with van der Waals surface area (Å²) in [6.07, 6.45) is 9.72. The molecule has 0 aliphatic heterocycles. The number of carbonyl (C=O) groups is 1. The van der Waals surface area contributed by atoms with Crippen molar-refractivity contribution in [2.75, 3.05) is 6.54 Å². The van der Waals surface area contributed by atoms with Crippen LogP contribution in [0.1, 0.15) is 32.1 Å². The van der Waals surface area contributed by atoms with Crippen molar-refractivity contribution in [2.45, 2.75) is 38.1 Å². The molecule has 0 aromatic heterocycles. The van der Waals surface area contributed by atoms with Crippen LogP contribution in [0.3, 0.4) is 0 Å². The highest BCUT2D eigenvalue weighted by molar-refractivity contribution is 5.80. The lowest BCUT2D eigenvalue weighted by molar-refractivity contribution is -0.118. The fourth-order valence-electron chi connectivity index (χ4n) is 1.02. The lowest BCUT2D eigenvalue weighted by Crippen LogP contribution is -2.24. The summed E-state index contributed by atoms with van der Waals surface area (Å²) in [4.78, 5) is 11.1. The Hall–Kier alpha value is -0.810. The summed E-state index contributed by atoms with van der Waals surface area (Å²) in [6.45, 7) is 0.537. The smallest absolute Gasteiger partial charge is 0.146 e. The second-order valence-corrected chi connectivity index (χ2v) is 3.25. The molecule has 1 rings (SSSR count). The Balaban J connectivity index is 1.92. The molecule has 0 aromatic rings. The molecule has 0 bridgehead atoms. The van der Waals surface area contributed by atoms with Gasteiger partial charge in [-0.25, -0.2) is 0 Å². The molecule has 1 N–H and O–H groups in total. The molecular weight excluding hydrogens is 150 g/mol. The minimum Gasteiger partial charge on any atom is -0.307 e. The molecule has 0 spiro atoms. The van der Waals surface area contributed by atoms with Crippen LogP contribution in [0, 0.1) is 12.3 Å². The summed E-state index contributed by atoms with van der Waals surface area (Å²) in [5, 5.41) is 3.18. The highest BCUT2D eigenvalue weighted by atomic mass is 16.1. The van der Waals surface area contributed by atoms with E-state index < -0.39 is 0 Å². The Morgan fingerprint density at radius 2 is 2.33 bits per heavy atom. The predicted octanol–water partition coefficient (Wildman–Crippen LogP) is 1.11. The third-order valence-corrected chi connectivity index (χ3v) is 1.94. The van der Waals surface area contributed by atoms with E-state index in [0.717, 1.165) is 12.8 Å². The summed E-state index contributed by atoms with van der Waals surface area (Å²) < 4.78 is 0. The first-order chi connectivity index (χ1) is 5.83. The minimum absolute atomic E-state index is 0.289. The fourth-order valence-corrected chi connectivity index (χ4v) is 1.02. The van der Waals surface area contributed by atoms with Crippen molar-refractivity contribution in [2.24, 2.45) is 0 Å². The number of unbranched alkanes of at least 4 members (excludes halogenated alkanes) is 1. The zero-order chi connectivity index (χ0) is 8.81. The Kier molecular flexibility index (Phi) is 3.83. The summed E-state index contributed by atoms with van der Waals surface area (Å²) >= 11 is 0. The third-order valence-electron chi connectivity index (χ3n) is 1.94. The van der Waals surface area contributed by atoms with Crippen LogP contribution < -0.4 is 5.32 Å². The first kappa shape index (κ1) is 9.28. The Bertz CT molecular complexity index is 189. The van der Waals surface area contributed by atoms with E-state index in [4.69, 9.17) is 6.42 Å². The van der Waals surface area contributed by atoms with E-state index in [-0.39, 0.29) is 5.78 Å². The molecule has 0 aromatic carbocycles. The van der Waals surface area contributed by atoms with Crippen LogP contribution in [-0.4, -0.2) is 18.4 Å². The molecule has 0 radical (unpaired) electrons. The fraction of sp³-hybridized carbons (Fsp3) is 0.700. The number of hydrogen-bond acceptors (Lipinski definition) is 2. The van der Waals surface area contributed by atoms with E-state index in [1.807, 2.05) is 0 Å². The molecule has 2 nitrogen and oxygen atoms in total. The highest BCUT2D eigenvalue weighted by Gasteiger charge is 2.20. The van der Waals surface area contributed by atoms with E-state index in [1.165, 1.54) is 12.8 Å². The van der Waals surface area contributed by atoms with Crippen molar-refractivity contribution in [3.8, 4) is 12.3 Å². The van der Waals surface area contributed by atoms with E-state index in [2.05, 4.69) is 11.2 Å².